The molecule has 0 saturated carbocycles. The largest absolute Gasteiger partial charge is 0.488 e. The third-order valence-electron chi connectivity index (χ3n) is 3.17. The molecule has 19 heavy (non-hydrogen) atoms. The minimum atomic E-state index is -0.0581. The fourth-order valence-electron chi connectivity index (χ4n) is 2.20. The Balaban J connectivity index is 2.03. The number of ether oxygens (including phenoxy) is 2. The zero-order valence-electron chi connectivity index (χ0n) is 11.1. The van der Waals surface area contributed by atoms with Gasteiger partial charge in [-0.1, -0.05) is 0 Å². The third-order valence-corrected chi connectivity index (χ3v) is 3.97. The van der Waals surface area contributed by atoms with Crippen LogP contribution in [0.3, 0.4) is 0 Å². The van der Waals surface area contributed by atoms with E-state index in [1.54, 1.807) is 12.1 Å². The first-order chi connectivity index (χ1) is 8.91. The molecular weight excluding hydrogens is 355 g/mol. The van der Waals surface area contributed by atoms with Crippen LogP contribution in [-0.2, 0) is 4.74 Å². The number of halogens is 1. The monoisotopic (exact) mass is 372 g/mol. The van der Waals surface area contributed by atoms with Crippen LogP contribution in [0.2, 0.25) is 0 Å². The molecule has 1 aromatic rings. The van der Waals surface area contributed by atoms with Crippen LogP contribution < -0.4 is 10.5 Å². The zero-order valence-corrected chi connectivity index (χ0v) is 13.2. The quantitative estimate of drug-likeness (QED) is 0.654. The van der Waals surface area contributed by atoms with E-state index in [1.807, 2.05) is 0 Å². The maximum absolute atomic E-state index is 8.87. The van der Waals surface area contributed by atoms with Crippen molar-refractivity contribution in [1.82, 2.24) is 0 Å². The molecule has 1 atom stereocenters. The van der Waals surface area contributed by atoms with E-state index >= 15 is 0 Å². The van der Waals surface area contributed by atoms with E-state index < -0.39 is 0 Å². The summed E-state index contributed by atoms with van der Waals surface area (Å²) in [5.41, 5.74) is 6.91. The Bertz CT molecular complexity index is 500. The van der Waals surface area contributed by atoms with Crippen molar-refractivity contribution < 1.29 is 9.47 Å². The molecule has 0 aromatic heterocycles. The van der Waals surface area contributed by atoms with Crippen molar-refractivity contribution in [3.8, 4) is 11.8 Å². The summed E-state index contributed by atoms with van der Waals surface area (Å²) >= 11 is 2.13. The van der Waals surface area contributed by atoms with Gasteiger partial charge in [0.15, 0.2) is 5.75 Å². The molecule has 1 aliphatic heterocycles. The van der Waals surface area contributed by atoms with Gasteiger partial charge in [0, 0.05) is 0 Å². The maximum Gasteiger partial charge on any atom is 0.155 e. The van der Waals surface area contributed by atoms with Gasteiger partial charge in [-0.2, -0.15) is 5.26 Å². The zero-order chi connectivity index (χ0) is 14.0. The van der Waals surface area contributed by atoms with Crippen LogP contribution in [0.15, 0.2) is 12.1 Å². The van der Waals surface area contributed by atoms with Gasteiger partial charge in [-0.15, -0.1) is 0 Å². The fourth-order valence-corrected chi connectivity index (χ4v) is 3.01. The second-order valence-electron chi connectivity index (χ2n) is 5.34. The molecular formula is C14H17IN2O2. The van der Waals surface area contributed by atoms with Crippen molar-refractivity contribution in [2.75, 3.05) is 12.3 Å². The Kier molecular flexibility index (Phi) is 4.21. The Morgan fingerprint density at radius 2 is 2.32 bits per heavy atom. The Hall–Kier alpha value is -1.00. The standard InChI is InChI=1S/C14H17IN2O2/c1-14(2)4-3-10(19-14)8-18-13-11(15)5-9(7-16)6-12(13)17/h5-6,10H,3-4,8,17H2,1-2H3. The first-order valence-corrected chi connectivity index (χ1v) is 7.29. The summed E-state index contributed by atoms with van der Waals surface area (Å²) in [6.45, 7) is 4.68. The molecule has 0 amide bonds. The van der Waals surface area contributed by atoms with Gasteiger partial charge < -0.3 is 15.2 Å². The molecule has 1 heterocycles. The molecule has 1 fully saturated rings. The minimum Gasteiger partial charge on any atom is -0.488 e. The number of anilines is 1. The molecule has 0 aliphatic carbocycles. The van der Waals surface area contributed by atoms with Gasteiger partial charge in [-0.05, 0) is 61.4 Å². The highest BCUT2D eigenvalue weighted by molar-refractivity contribution is 14.1. The molecule has 0 radical (unpaired) electrons. The SMILES string of the molecule is CC1(C)CCC(COc2c(N)cc(C#N)cc2I)O1. The summed E-state index contributed by atoms with van der Waals surface area (Å²) in [5, 5.41) is 8.87. The van der Waals surface area contributed by atoms with E-state index in [9.17, 15) is 0 Å². The number of nitriles is 1. The molecule has 1 saturated heterocycles. The van der Waals surface area contributed by atoms with Gasteiger partial charge >= 0.3 is 0 Å². The Labute approximate surface area is 127 Å². The molecule has 4 nitrogen and oxygen atoms in total. The second-order valence-corrected chi connectivity index (χ2v) is 6.50. The van der Waals surface area contributed by atoms with Gasteiger partial charge in [0.05, 0.1) is 32.6 Å². The van der Waals surface area contributed by atoms with E-state index in [0.29, 0.717) is 23.6 Å². The van der Waals surface area contributed by atoms with Crippen LogP contribution in [0.4, 0.5) is 5.69 Å². The van der Waals surface area contributed by atoms with Crippen LogP contribution in [-0.4, -0.2) is 18.3 Å². The molecule has 102 valence electrons. The lowest BCUT2D eigenvalue weighted by Crippen LogP contribution is -2.24. The van der Waals surface area contributed by atoms with Crippen LogP contribution in [0.1, 0.15) is 32.3 Å². The summed E-state index contributed by atoms with van der Waals surface area (Å²) in [5.74, 6) is 0.646. The van der Waals surface area contributed by atoms with Crippen LogP contribution in [0, 0.1) is 14.9 Å². The summed E-state index contributed by atoms with van der Waals surface area (Å²) in [7, 11) is 0. The smallest absolute Gasteiger partial charge is 0.155 e. The minimum absolute atomic E-state index is 0.0581. The van der Waals surface area contributed by atoms with E-state index in [0.717, 1.165) is 16.4 Å². The number of benzene rings is 1. The molecule has 1 unspecified atom stereocenters. The molecule has 2 rings (SSSR count). The lowest BCUT2D eigenvalue weighted by atomic mass is 10.1. The van der Waals surface area contributed by atoms with Crippen LogP contribution >= 0.6 is 22.6 Å². The molecule has 0 bridgehead atoms. The highest BCUT2D eigenvalue weighted by atomic mass is 127. The fraction of sp³-hybridized carbons (Fsp3) is 0.500. The van der Waals surface area contributed by atoms with Crippen molar-refractivity contribution >= 4 is 28.3 Å². The third kappa shape index (κ3) is 3.51. The average Bonchev–Trinajstić information content (AvgIpc) is 2.67. The first-order valence-electron chi connectivity index (χ1n) is 6.21. The van der Waals surface area contributed by atoms with Crippen molar-refractivity contribution in [1.29, 1.82) is 5.26 Å². The van der Waals surface area contributed by atoms with Gasteiger partial charge in [0.1, 0.15) is 6.61 Å². The lowest BCUT2D eigenvalue weighted by molar-refractivity contribution is -0.0326. The van der Waals surface area contributed by atoms with E-state index in [1.165, 1.54) is 0 Å². The highest BCUT2D eigenvalue weighted by Gasteiger charge is 2.32. The van der Waals surface area contributed by atoms with Crippen LogP contribution in [0.5, 0.6) is 5.75 Å². The van der Waals surface area contributed by atoms with Crippen LogP contribution in [0.25, 0.3) is 0 Å². The number of hydrogen-bond donors (Lipinski definition) is 1. The Morgan fingerprint density at radius 3 is 2.84 bits per heavy atom. The number of nitrogens with zero attached hydrogens (tertiary/aromatic N) is 1. The molecule has 5 heteroatoms. The molecule has 1 aliphatic rings. The maximum atomic E-state index is 8.87. The van der Waals surface area contributed by atoms with Crippen molar-refractivity contribution in [2.45, 2.75) is 38.4 Å². The predicted octanol–water partition coefficient (Wildman–Crippen LogP) is 3.08. The number of hydrogen-bond acceptors (Lipinski definition) is 4. The van der Waals surface area contributed by atoms with Crippen molar-refractivity contribution in [3.05, 3.63) is 21.3 Å². The first kappa shape index (κ1) is 14.4. The summed E-state index contributed by atoms with van der Waals surface area (Å²) in [6.07, 6.45) is 2.15. The predicted molar refractivity (Wildman–Crippen MR) is 82.0 cm³/mol. The second kappa shape index (κ2) is 5.55. The lowest BCUT2D eigenvalue weighted by Gasteiger charge is -2.20. The normalized spacial score (nSPS) is 21.1. The number of rotatable bonds is 3. The van der Waals surface area contributed by atoms with Gasteiger partial charge in [0.25, 0.3) is 0 Å². The van der Waals surface area contributed by atoms with Gasteiger partial charge in [-0.3, -0.25) is 0 Å². The molecule has 1 aromatic carbocycles. The van der Waals surface area contributed by atoms with E-state index in [-0.39, 0.29) is 11.7 Å². The molecule has 2 N–H and O–H groups in total. The highest BCUT2D eigenvalue weighted by Crippen LogP contribution is 2.32. The summed E-state index contributed by atoms with van der Waals surface area (Å²) in [4.78, 5) is 0. The summed E-state index contributed by atoms with van der Waals surface area (Å²) in [6, 6.07) is 5.48. The van der Waals surface area contributed by atoms with E-state index in [4.69, 9.17) is 20.5 Å². The van der Waals surface area contributed by atoms with E-state index in [2.05, 4.69) is 42.5 Å². The van der Waals surface area contributed by atoms with Crippen molar-refractivity contribution in [2.24, 2.45) is 0 Å². The average molecular weight is 372 g/mol. The van der Waals surface area contributed by atoms with Gasteiger partial charge in [0.2, 0.25) is 0 Å². The van der Waals surface area contributed by atoms with Gasteiger partial charge in [-0.25, -0.2) is 0 Å². The Morgan fingerprint density at radius 1 is 1.58 bits per heavy atom. The number of nitrogens with two attached hydrogens (primary N) is 1. The van der Waals surface area contributed by atoms with Crippen molar-refractivity contribution in [3.63, 3.8) is 0 Å². The molecule has 0 spiro atoms. The number of nitrogen functional groups attached to an aromatic ring is 1. The summed E-state index contributed by atoms with van der Waals surface area (Å²) < 4.78 is 12.5. The topological polar surface area (TPSA) is 68.3 Å².